The third kappa shape index (κ3) is 3.46. The molecule has 8 heteroatoms. The second-order valence-electron chi connectivity index (χ2n) is 3.92. The number of carbonyl (C=O) groups is 2. The Bertz CT molecular complexity index is 306. The fourth-order valence-corrected chi connectivity index (χ4v) is 1.72. The van der Waals surface area contributed by atoms with Crippen molar-refractivity contribution in [3.8, 4) is 0 Å². The van der Waals surface area contributed by atoms with Crippen molar-refractivity contribution in [1.82, 2.24) is 4.90 Å². The number of nitrogens with two attached hydrogens (primary N) is 1. The highest BCUT2D eigenvalue weighted by molar-refractivity contribution is 5.70. The smallest absolute Gasteiger partial charge is 0.365 e. The maximum absolute atomic E-state index is 11.3. The van der Waals surface area contributed by atoms with E-state index < -0.39 is 23.9 Å². The number of hydrogen-bond donors (Lipinski definition) is 3. The van der Waals surface area contributed by atoms with E-state index in [0.29, 0.717) is 13.0 Å². The van der Waals surface area contributed by atoms with Crippen LogP contribution in [0.1, 0.15) is 19.8 Å². The fraction of sp³-hybridized carbons (Fsp3) is 0.778. The molecular formula is C9H16N2O6. The molecule has 1 heterocycles. The Morgan fingerprint density at radius 1 is 1.47 bits per heavy atom. The monoisotopic (exact) mass is 248 g/mol. The van der Waals surface area contributed by atoms with Gasteiger partial charge in [-0.15, -0.1) is 0 Å². The first-order valence-corrected chi connectivity index (χ1v) is 5.24. The Morgan fingerprint density at radius 2 is 2.12 bits per heavy atom. The summed E-state index contributed by atoms with van der Waals surface area (Å²) in [5.74, 6) is -2.26. The number of aliphatic hydroxyl groups is 2. The molecule has 0 aromatic heterocycles. The van der Waals surface area contributed by atoms with E-state index in [4.69, 9.17) is 0 Å². The van der Waals surface area contributed by atoms with Crippen molar-refractivity contribution in [1.29, 1.82) is 0 Å². The van der Waals surface area contributed by atoms with Gasteiger partial charge in [0.05, 0.1) is 0 Å². The van der Waals surface area contributed by atoms with Crippen LogP contribution in [-0.4, -0.2) is 46.2 Å². The lowest BCUT2D eigenvalue weighted by Crippen LogP contribution is -2.40. The van der Waals surface area contributed by atoms with Crippen LogP contribution in [0, 0.1) is 5.92 Å². The zero-order chi connectivity index (χ0) is 13.1. The van der Waals surface area contributed by atoms with Gasteiger partial charge in [0, 0.05) is 19.0 Å². The molecule has 2 amide bonds. The molecule has 17 heavy (non-hydrogen) atoms. The predicted molar refractivity (Wildman–Crippen MR) is 54.3 cm³/mol. The molecule has 0 radical (unpaired) electrons. The van der Waals surface area contributed by atoms with Gasteiger partial charge in [0.25, 0.3) is 0 Å². The number of nitrogens with zero attached hydrogens (tertiary/aromatic N) is 1. The minimum atomic E-state index is -1.81. The van der Waals surface area contributed by atoms with Crippen molar-refractivity contribution < 1.29 is 29.6 Å². The van der Waals surface area contributed by atoms with Crippen LogP contribution in [0.3, 0.4) is 0 Å². The maximum Gasteiger partial charge on any atom is 0.453 e. The topological polar surface area (TPSA) is 122 Å². The minimum Gasteiger partial charge on any atom is -0.365 e. The highest BCUT2D eigenvalue weighted by Crippen LogP contribution is 2.28. The van der Waals surface area contributed by atoms with Crippen molar-refractivity contribution in [2.45, 2.75) is 25.6 Å². The molecule has 0 aromatic rings. The zero-order valence-corrected chi connectivity index (χ0v) is 9.46. The van der Waals surface area contributed by atoms with Gasteiger partial charge >= 0.3 is 12.2 Å². The molecule has 98 valence electrons. The van der Waals surface area contributed by atoms with Crippen LogP contribution in [0.25, 0.3) is 0 Å². The van der Waals surface area contributed by atoms with E-state index in [1.165, 1.54) is 4.90 Å². The summed E-state index contributed by atoms with van der Waals surface area (Å²) in [6.45, 7) is 2.06. The summed E-state index contributed by atoms with van der Waals surface area (Å²) in [4.78, 5) is 30.8. The van der Waals surface area contributed by atoms with E-state index in [2.05, 4.69) is 15.5 Å². The van der Waals surface area contributed by atoms with E-state index in [-0.39, 0.29) is 13.0 Å². The van der Waals surface area contributed by atoms with E-state index >= 15 is 0 Å². The van der Waals surface area contributed by atoms with E-state index in [0.717, 1.165) is 0 Å². The SMILES string of the molecule is CCC(O)(O)C1CCN(C(=O)OOC(N)=O)C1. The van der Waals surface area contributed by atoms with Gasteiger partial charge in [-0.3, -0.25) is 0 Å². The lowest BCUT2D eigenvalue weighted by Gasteiger charge is -2.26. The highest BCUT2D eigenvalue weighted by atomic mass is 17.2. The van der Waals surface area contributed by atoms with Crippen molar-refractivity contribution in [2.24, 2.45) is 11.7 Å². The van der Waals surface area contributed by atoms with Gasteiger partial charge in [-0.1, -0.05) is 6.92 Å². The van der Waals surface area contributed by atoms with Crippen molar-refractivity contribution in [3.05, 3.63) is 0 Å². The summed E-state index contributed by atoms with van der Waals surface area (Å²) < 4.78 is 0. The summed E-state index contributed by atoms with van der Waals surface area (Å²) in [6.07, 6.45) is -1.50. The number of likely N-dealkylation sites (tertiary alicyclic amines) is 1. The summed E-state index contributed by atoms with van der Waals surface area (Å²) in [5, 5.41) is 19.2. The second kappa shape index (κ2) is 5.19. The van der Waals surface area contributed by atoms with Gasteiger partial charge in [-0.05, 0) is 12.8 Å². The average Bonchev–Trinajstić information content (AvgIpc) is 2.75. The molecule has 1 aliphatic rings. The number of carbonyl (C=O) groups excluding carboxylic acids is 2. The normalized spacial score (nSPS) is 20.2. The minimum absolute atomic E-state index is 0.127. The molecular weight excluding hydrogens is 232 g/mol. The molecule has 1 fully saturated rings. The Morgan fingerprint density at radius 3 is 2.65 bits per heavy atom. The summed E-state index contributed by atoms with van der Waals surface area (Å²) >= 11 is 0. The largest absolute Gasteiger partial charge is 0.453 e. The van der Waals surface area contributed by atoms with Crippen LogP contribution in [0.5, 0.6) is 0 Å². The molecule has 1 saturated heterocycles. The molecule has 1 unspecified atom stereocenters. The number of primary amides is 1. The number of amides is 2. The van der Waals surface area contributed by atoms with E-state index in [1.54, 1.807) is 6.92 Å². The van der Waals surface area contributed by atoms with Crippen molar-refractivity contribution in [2.75, 3.05) is 13.1 Å². The van der Waals surface area contributed by atoms with Crippen LogP contribution >= 0.6 is 0 Å². The molecule has 0 saturated carbocycles. The van der Waals surface area contributed by atoms with Gasteiger partial charge in [-0.2, -0.15) is 0 Å². The van der Waals surface area contributed by atoms with Crippen LogP contribution in [-0.2, 0) is 9.78 Å². The molecule has 0 aliphatic carbocycles. The summed E-state index contributed by atoms with van der Waals surface area (Å²) in [5.41, 5.74) is 4.62. The van der Waals surface area contributed by atoms with Gasteiger partial charge < -0.3 is 20.8 Å². The first-order valence-electron chi connectivity index (χ1n) is 5.24. The fourth-order valence-electron chi connectivity index (χ4n) is 1.72. The molecule has 1 atom stereocenters. The third-order valence-corrected chi connectivity index (χ3v) is 2.82. The first kappa shape index (κ1) is 13.5. The Kier molecular flexibility index (Phi) is 4.13. The Labute approximate surface area is 97.8 Å². The summed E-state index contributed by atoms with van der Waals surface area (Å²) in [7, 11) is 0. The van der Waals surface area contributed by atoms with Crippen molar-refractivity contribution in [3.63, 3.8) is 0 Å². The lowest BCUT2D eigenvalue weighted by molar-refractivity contribution is -0.201. The zero-order valence-electron chi connectivity index (χ0n) is 9.46. The third-order valence-electron chi connectivity index (χ3n) is 2.82. The molecule has 8 nitrogen and oxygen atoms in total. The average molecular weight is 248 g/mol. The van der Waals surface area contributed by atoms with Crippen LogP contribution in [0.4, 0.5) is 9.59 Å². The maximum atomic E-state index is 11.3. The number of rotatable bonds is 2. The second-order valence-corrected chi connectivity index (χ2v) is 3.92. The lowest BCUT2D eigenvalue weighted by atomic mass is 9.96. The molecule has 0 spiro atoms. The van der Waals surface area contributed by atoms with Gasteiger partial charge in [0.2, 0.25) is 0 Å². The van der Waals surface area contributed by atoms with Crippen LogP contribution in [0.2, 0.25) is 0 Å². The van der Waals surface area contributed by atoms with Crippen molar-refractivity contribution >= 4 is 12.2 Å². The molecule has 1 aliphatic heterocycles. The van der Waals surface area contributed by atoms with Gasteiger partial charge in [0.1, 0.15) is 0 Å². The summed E-state index contributed by atoms with van der Waals surface area (Å²) in [6, 6.07) is 0. The highest BCUT2D eigenvalue weighted by Gasteiger charge is 2.40. The molecule has 0 bridgehead atoms. The van der Waals surface area contributed by atoms with Gasteiger partial charge in [-0.25, -0.2) is 19.4 Å². The Balaban J connectivity index is 2.45. The van der Waals surface area contributed by atoms with Crippen LogP contribution < -0.4 is 5.73 Å². The Hall–Kier alpha value is -1.54. The number of hydrogen-bond acceptors (Lipinski definition) is 6. The first-order chi connectivity index (χ1) is 7.86. The molecule has 1 rings (SSSR count). The quantitative estimate of drug-likeness (QED) is 0.345. The van der Waals surface area contributed by atoms with Crippen LogP contribution in [0.15, 0.2) is 0 Å². The predicted octanol–water partition coefficient (Wildman–Crippen LogP) is -0.454. The molecule has 4 N–H and O–H groups in total. The van der Waals surface area contributed by atoms with E-state index in [9.17, 15) is 19.8 Å². The van der Waals surface area contributed by atoms with Gasteiger partial charge in [0.15, 0.2) is 5.79 Å². The standard InChI is InChI=1S/C9H16N2O6/c1-2-9(14,15)6-3-4-11(5-6)8(13)17-16-7(10)12/h6,14-15H,2-5H2,1H3,(H2,10,12). The molecule has 0 aromatic carbocycles. The van der Waals surface area contributed by atoms with E-state index in [1.807, 2.05) is 0 Å².